The van der Waals surface area contributed by atoms with E-state index in [-0.39, 0.29) is 12.2 Å². The van der Waals surface area contributed by atoms with Crippen LogP contribution in [0.2, 0.25) is 0 Å². The molecule has 5 heteroatoms. The Morgan fingerprint density at radius 1 is 0.905 bits per heavy atom. The van der Waals surface area contributed by atoms with Gasteiger partial charge in [0.2, 0.25) is 0 Å². The second-order valence-corrected chi connectivity index (χ2v) is 6.51. The number of ether oxygens (including phenoxy) is 1. The van der Waals surface area contributed by atoms with Gasteiger partial charge >= 0.3 is 0 Å². The second kappa shape index (κ2) is 8.00. The molecule has 2 aromatic heterocycles. The lowest BCUT2D eigenvalue weighted by molar-refractivity contribution is 0.0346. The lowest BCUT2D eigenvalue weighted by Gasteiger charge is -2.21. The van der Waals surface area contributed by atoms with E-state index in [1.807, 2.05) is 24.3 Å². The zero-order valence-corrected chi connectivity index (χ0v) is 15.6. The highest BCUT2D eigenvalue weighted by atomic mass is 127. The number of hydrogen-bond donors (Lipinski definition) is 0. The largest absolute Gasteiger partial charge is 0.354 e. The van der Waals surface area contributed by atoms with Gasteiger partial charge in [0.15, 0.2) is 0 Å². The molecule has 0 saturated heterocycles. The number of aromatic nitrogens is 2. The SMILES string of the molecule is C=CC(OC(C=C)c1ncccc1I)c1ncccc1I. The van der Waals surface area contributed by atoms with Gasteiger partial charge in [-0.1, -0.05) is 12.2 Å². The zero-order chi connectivity index (χ0) is 15.2. The summed E-state index contributed by atoms with van der Waals surface area (Å²) < 4.78 is 8.19. The van der Waals surface area contributed by atoms with Crippen molar-refractivity contribution in [1.29, 1.82) is 0 Å². The summed E-state index contributed by atoms with van der Waals surface area (Å²) in [6.07, 6.45) is 6.39. The van der Waals surface area contributed by atoms with E-state index < -0.39 is 0 Å². The number of nitrogens with zero attached hydrogens (tertiary/aromatic N) is 2. The van der Waals surface area contributed by atoms with Gasteiger partial charge in [-0.25, -0.2) is 0 Å². The van der Waals surface area contributed by atoms with Crippen LogP contribution in [0.25, 0.3) is 0 Å². The molecule has 0 aromatic carbocycles. The maximum atomic E-state index is 6.11. The molecule has 2 unspecified atom stereocenters. The summed E-state index contributed by atoms with van der Waals surface area (Å²) in [4.78, 5) is 8.79. The van der Waals surface area contributed by atoms with Crippen molar-refractivity contribution in [2.24, 2.45) is 0 Å². The Hall–Kier alpha value is -0.800. The van der Waals surface area contributed by atoms with E-state index in [0.29, 0.717) is 0 Å². The molecule has 0 fully saturated rings. The van der Waals surface area contributed by atoms with Gasteiger partial charge in [-0.05, 0) is 69.4 Å². The molecule has 0 bridgehead atoms. The molecule has 3 nitrogen and oxygen atoms in total. The van der Waals surface area contributed by atoms with Crippen molar-refractivity contribution in [3.8, 4) is 0 Å². The highest BCUT2D eigenvalue weighted by molar-refractivity contribution is 14.1. The fourth-order valence-electron chi connectivity index (χ4n) is 1.84. The van der Waals surface area contributed by atoms with E-state index in [0.717, 1.165) is 18.5 Å². The number of halogens is 2. The third-order valence-electron chi connectivity index (χ3n) is 2.83. The Morgan fingerprint density at radius 2 is 1.33 bits per heavy atom. The van der Waals surface area contributed by atoms with Crippen LogP contribution in [0.1, 0.15) is 23.6 Å². The predicted octanol–water partition coefficient (Wildman–Crippen LogP) is 4.86. The van der Waals surface area contributed by atoms with Crippen LogP contribution in [-0.2, 0) is 4.74 Å². The maximum absolute atomic E-state index is 6.11. The van der Waals surface area contributed by atoms with Crippen molar-refractivity contribution >= 4 is 45.2 Å². The van der Waals surface area contributed by atoms with Crippen LogP contribution in [0, 0.1) is 7.14 Å². The molecule has 0 N–H and O–H groups in total. The fraction of sp³-hybridized carbons (Fsp3) is 0.125. The third-order valence-corrected chi connectivity index (χ3v) is 4.66. The van der Waals surface area contributed by atoms with Gasteiger partial charge in [-0.15, -0.1) is 13.2 Å². The molecule has 0 spiro atoms. The van der Waals surface area contributed by atoms with Crippen molar-refractivity contribution < 1.29 is 4.74 Å². The van der Waals surface area contributed by atoms with Crippen molar-refractivity contribution in [2.45, 2.75) is 12.2 Å². The molecule has 21 heavy (non-hydrogen) atoms. The smallest absolute Gasteiger partial charge is 0.120 e. The summed E-state index contributed by atoms with van der Waals surface area (Å²) >= 11 is 4.49. The quantitative estimate of drug-likeness (QED) is 0.417. The molecule has 0 aliphatic heterocycles. The van der Waals surface area contributed by atoms with Crippen LogP contribution in [0.4, 0.5) is 0 Å². The monoisotopic (exact) mass is 504 g/mol. The molecule has 0 saturated carbocycles. The van der Waals surface area contributed by atoms with Crippen LogP contribution in [0.3, 0.4) is 0 Å². The lowest BCUT2D eigenvalue weighted by Crippen LogP contribution is -2.12. The second-order valence-electron chi connectivity index (χ2n) is 4.19. The van der Waals surface area contributed by atoms with Crippen molar-refractivity contribution in [3.63, 3.8) is 0 Å². The lowest BCUT2D eigenvalue weighted by atomic mass is 10.2. The molecule has 2 aromatic rings. The zero-order valence-electron chi connectivity index (χ0n) is 11.2. The summed E-state index contributed by atoms with van der Waals surface area (Å²) in [7, 11) is 0. The standard InChI is InChI=1S/C16H14I2N2O/c1-3-13(15-11(17)7-5-9-19-15)21-14(4-2)16-12(18)8-6-10-20-16/h3-10,13-14H,1-2H2. The molecule has 2 heterocycles. The Labute approximate surface area is 151 Å². The summed E-state index contributed by atoms with van der Waals surface area (Å²) in [5.74, 6) is 0. The van der Waals surface area contributed by atoms with Gasteiger partial charge in [-0.2, -0.15) is 0 Å². The highest BCUT2D eigenvalue weighted by Gasteiger charge is 2.20. The molecule has 2 rings (SSSR count). The summed E-state index contributed by atoms with van der Waals surface area (Å²) in [5, 5.41) is 0. The fourth-order valence-corrected chi connectivity index (χ4v) is 3.14. The van der Waals surface area contributed by atoms with Gasteiger partial charge in [0, 0.05) is 19.5 Å². The molecule has 2 atom stereocenters. The van der Waals surface area contributed by atoms with E-state index >= 15 is 0 Å². The molecule has 0 aliphatic carbocycles. The van der Waals surface area contributed by atoms with Gasteiger partial charge in [0.1, 0.15) is 12.2 Å². The van der Waals surface area contributed by atoms with Gasteiger partial charge in [-0.3, -0.25) is 9.97 Å². The Bertz CT molecular complexity index is 590. The summed E-state index contributed by atoms with van der Waals surface area (Å²) in [5.41, 5.74) is 1.71. The Kier molecular flexibility index (Phi) is 6.31. The molecule has 0 radical (unpaired) electrons. The van der Waals surface area contributed by atoms with Crippen LogP contribution >= 0.6 is 45.2 Å². The first-order valence-electron chi connectivity index (χ1n) is 6.28. The maximum Gasteiger partial charge on any atom is 0.120 e. The summed E-state index contributed by atoms with van der Waals surface area (Å²) in [6, 6.07) is 7.79. The third kappa shape index (κ3) is 4.10. The van der Waals surface area contributed by atoms with Crippen molar-refractivity contribution in [1.82, 2.24) is 9.97 Å². The number of pyridine rings is 2. The first-order valence-corrected chi connectivity index (χ1v) is 8.44. The molecular formula is C16H14I2N2O. The molecular weight excluding hydrogens is 490 g/mol. The van der Waals surface area contributed by atoms with Crippen LogP contribution in [-0.4, -0.2) is 9.97 Å². The molecule has 0 aliphatic rings. The van der Waals surface area contributed by atoms with Gasteiger partial charge in [0.05, 0.1) is 11.4 Å². The van der Waals surface area contributed by atoms with E-state index in [4.69, 9.17) is 4.74 Å². The van der Waals surface area contributed by atoms with E-state index in [9.17, 15) is 0 Å². The van der Waals surface area contributed by atoms with Gasteiger partial charge in [0.25, 0.3) is 0 Å². The van der Waals surface area contributed by atoms with Crippen LogP contribution < -0.4 is 0 Å². The number of hydrogen-bond acceptors (Lipinski definition) is 3. The Balaban J connectivity index is 2.29. The van der Waals surface area contributed by atoms with E-state index in [1.54, 1.807) is 24.5 Å². The first-order chi connectivity index (χ1) is 10.2. The van der Waals surface area contributed by atoms with Crippen molar-refractivity contribution in [2.75, 3.05) is 0 Å². The van der Waals surface area contributed by atoms with E-state index in [1.165, 1.54) is 0 Å². The highest BCUT2D eigenvalue weighted by Crippen LogP contribution is 2.30. The predicted molar refractivity (Wildman–Crippen MR) is 101 cm³/mol. The Morgan fingerprint density at radius 3 is 1.67 bits per heavy atom. The number of rotatable bonds is 6. The van der Waals surface area contributed by atoms with Crippen molar-refractivity contribution in [3.05, 3.63) is 80.5 Å². The summed E-state index contributed by atoms with van der Waals surface area (Å²) in [6.45, 7) is 7.71. The van der Waals surface area contributed by atoms with Crippen LogP contribution in [0.5, 0.6) is 0 Å². The minimum absolute atomic E-state index is 0.307. The average Bonchev–Trinajstić information content (AvgIpc) is 2.51. The minimum Gasteiger partial charge on any atom is -0.354 e. The normalized spacial score (nSPS) is 13.4. The topological polar surface area (TPSA) is 35.0 Å². The van der Waals surface area contributed by atoms with E-state index in [2.05, 4.69) is 68.3 Å². The molecule has 0 amide bonds. The average molecular weight is 504 g/mol. The molecule has 108 valence electrons. The first kappa shape index (κ1) is 16.6. The minimum atomic E-state index is -0.307. The van der Waals surface area contributed by atoms with Gasteiger partial charge < -0.3 is 4.74 Å². The van der Waals surface area contributed by atoms with Crippen LogP contribution in [0.15, 0.2) is 62.0 Å².